The van der Waals surface area contributed by atoms with Gasteiger partial charge in [0.1, 0.15) is 0 Å². The SMILES string of the molecule is C=C.C=CNCC(/C=C/C)CC. The van der Waals surface area contributed by atoms with Crippen LogP contribution in [0.3, 0.4) is 0 Å². The number of rotatable bonds is 5. The molecule has 12 heavy (non-hydrogen) atoms. The van der Waals surface area contributed by atoms with Gasteiger partial charge in [-0.25, -0.2) is 0 Å². The summed E-state index contributed by atoms with van der Waals surface area (Å²) in [5.74, 6) is 0.656. The van der Waals surface area contributed by atoms with Crippen molar-refractivity contribution in [1.29, 1.82) is 0 Å². The first kappa shape index (κ1) is 13.6. The molecule has 0 aliphatic rings. The molecule has 0 saturated heterocycles. The van der Waals surface area contributed by atoms with Crippen molar-refractivity contribution in [3.8, 4) is 0 Å². The molecule has 70 valence electrons. The molecule has 1 nitrogen and oxygen atoms in total. The van der Waals surface area contributed by atoms with E-state index in [1.54, 1.807) is 6.20 Å². The molecule has 0 saturated carbocycles. The molecule has 0 radical (unpaired) electrons. The Morgan fingerprint density at radius 3 is 2.33 bits per heavy atom. The van der Waals surface area contributed by atoms with Crippen molar-refractivity contribution in [1.82, 2.24) is 5.32 Å². The van der Waals surface area contributed by atoms with E-state index in [0.29, 0.717) is 5.92 Å². The molecule has 0 aromatic carbocycles. The summed E-state index contributed by atoms with van der Waals surface area (Å²) in [5, 5.41) is 3.10. The van der Waals surface area contributed by atoms with Crippen LogP contribution in [0.25, 0.3) is 0 Å². The molecule has 0 aliphatic heterocycles. The van der Waals surface area contributed by atoms with Crippen molar-refractivity contribution >= 4 is 0 Å². The summed E-state index contributed by atoms with van der Waals surface area (Å²) in [4.78, 5) is 0. The molecule has 0 bridgehead atoms. The minimum atomic E-state index is 0.656. The van der Waals surface area contributed by atoms with E-state index in [2.05, 4.69) is 51.1 Å². The van der Waals surface area contributed by atoms with E-state index < -0.39 is 0 Å². The highest BCUT2D eigenvalue weighted by Gasteiger charge is 1.96. The second kappa shape index (κ2) is 12.7. The van der Waals surface area contributed by atoms with Gasteiger partial charge in [-0.15, -0.1) is 13.2 Å². The van der Waals surface area contributed by atoms with Crippen LogP contribution in [-0.4, -0.2) is 6.54 Å². The van der Waals surface area contributed by atoms with Crippen molar-refractivity contribution in [2.75, 3.05) is 6.54 Å². The monoisotopic (exact) mass is 167 g/mol. The van der Waals surface area contributed by atoms with Crippen molar-refractivity contribution < 1.29 is 0 Å². The Morgan fingerprint density at radius 1 is 1.42 bits per heavy atom. The first-order valence-electron chi connectivity index (χ1n) is 4.32. The predicted octanol–water partition coefficient (Wildman–Crippen LogP) is 3.12. The Balaban J connectivity index is 0. The molecule has 1 N–H and O–H groups in total. The van der Waals surface area contributed by atoms with Crippen molar-refractivity contribution in [2.24, 2.45) is 5.92 Å². The Kier molecular flexibility index (Phi) is 14.4. The summed E-state index contributed by atoms with van der Waals surface area (Å²) >= 11 is 0. The standard InChI is InChI=1S/C9H17N.C2H4/c1-4-7-9(5-2)8-10-6-3;1-2/h4,6-7,9-10H,3,5,8H2,1-2H3;1-2H2/b7-4+;. The summed E-state index contributed by atoms with van der Waals surface area (Å²) in [5.41, 5.74) is 0. The van der Waals surface area contributed by atoms with Crippen molar-refractivity contribution in [3.05, 3.63) is 38.1 Å². The molecule has 0 heterocycles. The fourth-order valence-electron chi connectivity index (χ4n) is 0.855. The Hall–Kier alpha value is -0.980. The molecule has 0 rings (SSSR count). The van der Waals surface area contributed by atoms with E-state index in [1.807, 2.05) is 0 Å². The highest BCUT2D eigenvalue weighted by atomic mass is 14.8. The third-order valence-corrected chi connectivity index (χ3v) is 1.51. The lowest BCUT2D eigenvalue weighted by Crippen LogP contribution is -2.15. The maximum absolute atomic E-state index is 3.59. The number of nitrogens with one attached hydrogen (secondary N) is 1. The molecule has 1 atom stereocenters. The van der Waals surface area contributed by atoms with Gasteiger partial charge in [0.2, 0.25) is 0 Å². The largest absolute Gasteiger partial charge is 0.391 e. The van der Waals surface area contributed by atoms with Gasteiger partial charge in [-0.1, -0.05) is 25.7 Å². The van der Waals surface area contributed by atoms with Gasteiger partial charge in [0.15, 0.2) is 0 Å². The number of allylic oxidation sites excluding steroid dienone is 1. The molecule has 0 fully saturated rings. The fraction of sp³-hybridized carbons (Fsp3) is 0.455. The predicted molar refractivity (Wildman–Crippen MR) is 58.0 cm³/mol. The van der Waals surface area contributed by atoms with Crippen LogP contribution in [0.1, 0.15) is 20.3 Å². The summed E-state index contributed by atoms with van der Waals surface area (Å²) in [7, 11) is 0. The van der Waals surface area contributed by atoms with Crippen molar-refractivity contribution in [2.45, 2.75) is 20.3 Å². The van der Waals surface area contributed by atoms with Gasteiger partial charge in [0.25, 0.3) is 0 Å². The van der Waals surface area contributed by atoms with Gasteiger partial charge in [0, 0.05) is 6.54 Å². The third-order valence-electron chi connectivity index (χ3n) is 1.51. The van der Waals surface area contributed by atoms with Gasteiger partial charge in [-0.2, -0.15) is 0 Å². The van der Waals surface area contributed by atoms with E-state index in [-0.39, 0.29) is 0 Å². The van der Waals surface area contributed by atoms with E-state index >= 15 is 0 Å². The van der Waals surface area contributed by atoms with Gasteiger partial charge in [-0.3, -0.25) is 0 Å². The zero-order chi connectivity index (χ0) is 9.82. The molecule has 0 aromatic rings. The lowest BCUT2D eigenvalue weighted by atomic mass is 10.1. The molecule has 0 aromatic heterocycles. The van der Waals surface area contributed by atoms with E-state index in [1.165, 1.54) is 6.42 Å². The quantitative estimate of drug-likeness (QED) is 0.620. The molecule has 1 unspecified atom stereocenters. The van der Waals surface area contributed by atoms with E-state index in [0.717, 1.165) is 6.54 Å². The Bertz CT molecular complexity index is 116. The van der Waals surface area contributed by atoms with Gasteiger partial charge >= 0.3 is 0 Å². The summed E-state index contributed by atoms with van der Waals surface area (Å²) < 4.78 is 0. The van der Waals surface area contributed by atoms with E-state index in [9.17, 15) is 0 Å². The Morgan fingerprint density at radius 2 is 2.00 bits per heavy atom. The summed E-state index contributed by atoms with van der Waals surface area (Å²) in [6.45, 7) is 14.8. The molecular weight excluding hydrogens is 146 g/mol. The van der Waals surface area contributed by atoms with E-state index in [4.69, 9.17) is 0 Å². The van der Waals surface area contributed by atoms with Crippen LogP contribution in [0, 0.1) is 5.92 Å². The first-order valence-corrected chi connectivity index (χ1v) is 4.32. The smallest absolute Gasteiger partial charge is 0.0204 e. The van der Waals surface area contributed by atoms with Crippen LogP contribution in [0.4, 0.5) is 0 Å². The second-order valence-electron chi connectivity index (χ2n) is 2.31. The van der Waals surface area contributed by atoms with Crippen LogP contribution in [-0.2, 0) is 0 Å². The van der Waals surface area contributed by atoms with Crippen molar-refractivity contribution in [3.63, 3.8) is 0 Å². The summed E-state index contributed by atoms with van der Waals surface area (Å²) in [6.07, 6.45) is 7.24. The van der Waals surface area contributed by atoms with Crippen LogP contribution >= 0.6 is 0 Å². The van der Waals surface area contributed by atoms with Gasteiger partial charge < -0.3 is 5.32 Å². The minimum Gasteiger partial charge on any atom is -0.391 e. The van der Waals surface area contributed by atoms with Crippen LogP contribution < -0.4 is 5.32 Å². The highest BCUT2D eigenvalue weighted by molar-refractivity contribution is 4.86. The fourth-order valence-corrected chi connectivity index (χ4v) is 0.855. The summed E-state index contributed by atoms with van der Waals surface area (Å²) in [6, 6.07) is 0. The van der Waals surface area contributed by atoms with Crippen LogP contribution in [0.5, 0.6) is 0 Å². The van der Waals surface area contributed by atoms with Crippen LogP contribution in [0.2, 0.25) is 0 Å². The third kappa shape index (κ3) is 9.02. The second-order valence-corrected chi connectivity index (χ2v) is 2.31. The molecule has 0 aliphatic carbocycles. The number of hydrogen-bond donors (Lipinski definition) is 1. The average molecular weight is 167 g/mol. The zero-order valence-corrected chi connectivity index (χ0v) is 8.34. The lowest BCUT2D eigenvalue weighted by Gasteiger charge is -2.08. The van der Waals surface area contributed by atoms with Gasteiger partial charge in [0.05, 0.1) is 0 Å². The zero-order valence-electron chi connectivity index (χ0n) is 8.34. The molecule has 0 amide bonds. The first-order chi connectivity index (χ1) is 5.85. The van der Waals surface area contributed by atoms with Gasteiger partial charge in [-0.05, 0) is 25.5 Å². The lowest BCUT2D eigenvalue weighted by molar-refractivity contribution is 0.595. The average Bonchev–Trinajstić information content (AvgIpc) is 2.15. The topological polar surface area (TPSA) is 12.0 Å². The maximum Gasteiger partial charge on any atom is 0.0204 e. The normalized spacial score (nSPS) is 11.5. The molecular formula is C11H21N. The Labute approximate surface area is 76.9 Å². The minimum absolute atomic E-state index is 0.656. The number of hydrogen-bond acceptors (Lipinski definition) is 1. The highest BCUT2D eigenvalue weighted by Crippen LogP contribution is 2.01. The molecule has 1 heteroatoms. The molecule has 0 spiro atoms. The maximum atomic E-state index is 3.59. The van der Waals surface area contributed by atoms with Crippen LogP contribution in [0.15, 0.2) is 38.1 Å².